The largest absolute Gasteiger partial charge is 0.325 e. The third-order valence-electron chi connectivity index (χ3n) is 4.67. The Balaban J connectivity index is 1.56. The maximum atomic E-state index is 12.5. The lowest BCUT2D eigenvalue weighted by Crippen LogP contribution is -2.14. The van der Waals surface area contributed by atoms with Gasteiger partial charge in [0.25, 0.3) is 0 Å². The van der Waals surface area contributed by atoms with E-state index < -0.39 is 0 Å². The molecule has 0 aliphatic carbocycles. The highest BCUT2D eigenvalue weighted by Gasteiger charge is 2.19. The van der Waals surface area contributed by atoms with E-state index in [9.17, 15) is 4.79 Å². The van der Waals surface area contributed by atoms with E-state index in [4.69, 9.17) is 28.5 Å². The van der Waals surface area contributed by atoms with E-state index in [0.29, 0.717) is 38.7 Å². The standard InChI is InChI=1S/C24H17Cl2N5OS/c25-17-8-11-20(21(26)14-17)23-29-30-24(31(23)19-4-2-1-3-5-19)33-15-22(32)28-18-9-6-16(7-10-18)12-13-27/h1-11,14H,12,15H2,(H,28,32). The lowest BCUT2D eigenvalue weighted by atomic mass is 10.1. The number of aromatic nitrogens is 3. The SMILES string of the molecule is N#CCc1ccc(NC(=O)CSc2nnc(-c3ccc(Cl)cc3Cl)n2-c2ccccc2)cc1. The van der Waals surface area contributed by atoms with Crippen LogP contribution in [0.1, 0.15) is 5.56 Å². The molecule has 0 radical (unpaired) electrons. The first-order valence-electron chi connectivity index (χ1n) is 9.90. The van der Waals surface area contributed by atoms with Crippen molar-refractivity contribution in [2.75, 3.05) is 11.1 Å². The van der Waals surface area contributed by atoms with Crippen molar-refractivity contribution in [1.29, 1.82) is 5.26 Å². The number of amides is 1. The van der Waals surface area contributed by atoms with Crippen LogP contribution in [0.2, 0.25) is 10.0 Å². The topological polar surface area (TPSA) is 83.6 Å². The molecule has 1 aromatic heterocycles. The number of hydrogen-bond donors (Lipinski definition) is 1. The molecule has 0 aliphatic rings. The smallest absolute Gasteiger partial charge is 0.234 e. The Morgan fingerprint density at radius 3 is 2.48 bits per heavy atom. The van der Waals surface area contributed by atoms with Crippen LogP contribution in [-0.2, 0) is 11.2 Å². The van der Waals surface area contributed by atoms with Gasteiger partial charge in [0, 0.05) is 22.0 Å². The summed E-state index contributed by atoms with van der Waals surface area (Å²) in [5, 5.41) is 21.8. The van der Waals surface area contributed by atoms with Gasteiger partial charge in [-0.05, 0) is 48.0 Å². The molecule has 1 N–H and O–H groups in total. The lowest BCUT2D eigenvalue weighted by molar-refractivity contribution is -0.113. The fraction of sp³-hybridized carbons (Fsp3) is 0.0833. The van der Waals surface area contributed by atoms with Crippen molar-refractivity contribution in [2.45, 2.75) is 11.6 Å². The molecule has 0 aliphatic heterocycles. The van der Waals surface area contributed by atoms with Crippen LogP contribution in [0.5, 0.6) is 0 Å². The van der Waals surface area contributed by atoms with Crippen molar-refractivity contribution in [2.24, 2.45) is 0 Å². The zero-order valence-corrected chi connectivity index (χ0v) is 19.5. The number of hydrogen-bond acceptors (Lipinski definition) is 5. The van der Waals surface area contributed by atoms with Crippen LogP contribution in [0, 0.1) is 11.3 Å². The first-order chi connectivity index (χ1) is 16.0. The molecule has 164 valence electrons. The van der Waals surface area contributed by atoms with Gasteiger partial charge in [0.2, 0.25) is 5.91 Å². The molecule has 0 atom stereocenters. The second kappa shape index (κ2) is 10.5. The van der Waals surface area contributed by atoms with Crippen LogP contribution in [0.25, 0.3) is 17.1 Å². The molecule has 0 fully saturated rings. The number of nitrogens with zero attached hydrogens (tertiary/aromatic N) is 4. The first kappa shape index (κ1) is 22.9. The molecular weight excluding hydrogens is 477 g/mol. The minimum Gasteiger partial charge on any atom is -0.325 e. The maximum absolute atomic E-state index is 12.5. The fourth-order valence-corrected chi connectivity index (χ4v) is 4.39. The van der Waals surface area contributed by atoms with Crippen molar-refractivity contribution in [3.8, 4) is 23.1 Å². The average molecular weight is 494 g/mol. The fourth-order valence-electron chi connectivity index (χ4n) is 3.14. The Morgan fingerprint density at radius 1 is 1.03 bits per heavy atom. The first-order valence-corrected chi connectivity index (χ1v) is 11.6. The predicted octanol–water partition coefficient (Wildman–Crippen LogP) is 6.04. The van der Waals surface area contributed by atoms with E-state index in [1.807, 2.05) is 47.0 Å². The van der Waals surface area contributed by atoms with E-state index in [0.717, 1.165) is 11.3 Å². The summed E-state index contributed by atoms with van der Waals surface area (Å²) in [7, 11) is 0. The van der Waals surface area contributed by atoms with E-state index >= 15 is 0 Å². The number of anilines is 1. The zero-order chi connectivity index (χ0) is 23.2. The monoisotopic (exact) mass is 493 g/mol. The van der Waals surface area contributed by atoms with E-state index in [1.165, 1.54) is 11.8 Å². The molecule has 0 saturated heterocycles. The van der Waals surface area contributed by atoms with Crippen LogP contribution in [0.3, 0.4) is 0 Å². The van der Waals surface area contributed by atoms with Gasteiger partial charge in [-0.2, -0.15) is 5.26 Å². The Morgan fingerprint density at radius 2 is 1.79 bits per heavy atom. The minimum absolute atomic E-state index is 0.138. The molecule has 33 heavy (non-hydrogen) atoms. The molecule has 0 bridgehead atoms. The van der Waals surface area contributed by atoms with E-state index in [2.05, 4.69) is 21.6 Å². The highest BCUT2D eigenvalue weighted by molar-refractivity contribution is 7.99. The zero-order valence-electron chi connectivity index (χ0n) is 17.2. The highest BCUT2D eigenvalue weighted by Crippen LogP contribution is 2.33. The Labute approximate surface area is 205 Å². The summed E-state index contributed by atoms with van der Waals surface area (Å²) in [6.45, 7) is 0. The second-order valence-electron chi connectivity index (χ2n) is 6.97. The molecule has 0 spiro atoms. The van der Waals surface area contributed by atoms with Gasteiger partial charge in [0.15, 0.2) is 11.0 Å². The molecule has 1 amide bonds. The van der Waals surface area contributed by atoms with Gasteiger partial charge < -0.3 is 5.32 Å². The second-order valence-corrected chi connectivity index (χ2v) is 8.76. The van der Waals surface area contributed by atoms with Gasteiger partial charge in [-0.1, -0.05) is 65.3 Å². The van der Waals surface area contributed by atoms with Gasteiger partial charge in [-0.25, -0.2) is 0 Å². The van der Waals surface area contributed by atoms with Crippen molar-refractivity contribution in [3.05, 3.63) is 88.4 Å². The number of halogens is 2. The summed E-state index contributed by atoms with van der Waals surface area (Å²) in [5.74, 6) is 0.514. The van der Waals surface area contributed by atoms with Gasteiger partial charge in [0.05, 0.1) is 23.3 Å². The number of thioether (sulfide) groups is 1. The van der Waals surface area contributed by atoms with Crippen LogP contribution >= 0.6 is 35.0 Å². The molecule has 4 aromatic rings. The van der Waals surface area contributed by atoms with Crippen molar-refractivity contribution >= 4 is 46.6 Å². The number of carbonyl (C=O) groups is 1. The number of carbonyl (C=O) groups excluding carboxylic acids is 1. The average Bonchev–Trinajstić information content (AvgIpc) is 3.23. The van der Waals surface area contributed by atoms with Gasteiger partial charge in [-0.3, -0.25) is 9.36 Å². The molecule has 4 rings (SSSR count). The van der Waals surface area contributed by atoms with E-state index in [1.54, 1.807) is 30.3 Å². The summed E-state index contributed by atoms with van der Waals surface area (Å²) in [4.78, 5) is 12.5. The third-order valence-corrected chi connectivity index (χ3v) is 6.15. The molecule has 9 heteroatoms. The third kappa shape index (κ3) is 5.55. The Kier molecular flexibility index (Phi) is 7.30. The van der Waals surface area contributed by atoms with Crippen LogP contribution in [-0.4, -0.2) is 26.4 Å². The normalized spacial score (nSPS) is 10.6. The van der Waals surface area contributed by atoms with Gasteiger partial charge in [0.1, 0.15) is 0 Å². The predicted molar refractivity (Wildman–Crippen MR) is 132 cm³/mol. The van der Waals surface area contributed by atoms with E-state index in [-0.39, 0.29) is 11.7 Å². The quantitative estimate of drug-likeness (QED) is 0.317. The van der Waals surface area contributed by atoms with Gasteiger partial charge >= 0.3 is 0 Å². The Hall–Kier alpha value is -3.31. The van der Waals surface area contributed by atoms with Gasteiger partial charge in [-0.15, -0.1) is 10.2 Å². The Bertz CT molecular complexity index is 1320. The van der Waals surface area contributed by atoms with Crippen molar-refractivity contribution in [1.82, 2.24) is 14.8 Å². The molecule has 3 aromatic carbocycles. The number of rotatable bonds is 7. The van der Waals surface area contributed by atoms with Crippen LogP contribution in [0.15, 0.2) is 78.0 Å². The highest BCUT2D eigenvalue weighted by atomic mass is 35.5. The maximum Gasteiger partial charge on any atom is 0.234 e. The van der Waals surface area contributed by atoms with Crippen LogP contribution < -0.4 is 5.32 Å². The summed E-state index contributed by atoms with van der Waals surface area (Å²) in [6, 6.07) is 24.1. The van der Waals surface area contributed by atoms with Crippen molar-refractivity contribution in [3.63, 3.8) is 0 Å². The van der Waals surface area contributed by atoms with Crippen molar-refractivity contribution < 1.29 is 4.79 Å². The number of nitriles is 1. The lowest BCUT2D eigenvalue weighted by Gasteiger charge is -2.11. The number of nitrogens with one attached hydrogen (secondary N) is 1. The summed E-state index contributed by atoms with van der Waals surface area (Å²) < 4.78 is 1.86. The number of benzene rings is 3. The summed E-state index contributed by atoms with van der Waals surface area (Å²) in [6.07, 6.45) is 0.333. The van der Waals surface area contributed by atoms with Crippen LogP contribution in [0.4, 0.5) is 5.69 Å². The molecule has 0 saturated carbocycles. The minimum atomic E-state index is -0.179. The molecular formula is C24H17Cl2N5OS. The summed E-state index contributed by atoms with van der Waals surface area (Å²) in [5.41, 5.74) is 3.10. The molecule has 0 unspecified atom stereocenters. The summed E-state index contributed by atoms with van der Waals surface area (Å²) >= 11 is 13.7. The molecule has 6 nitrogen and oxygen atoms in total. The number of para-hydroxylation sites is 1. The molecule has 1 heterocycles.